The van der Waals surface area contributed by atoms with E-state index in [-0.39, 0.29) is 23.8 Å². The van der Waals surface area contributed by atoms with Gasteiger partial charge in [0.2, 0.25) is 12.3 Å². The lowest BCUT2D eigenvalue weighted by Crippen LogP contribution is -2.59. The van der Waals surface area contributed by atoms with Crippen molar-refractivity contribution in [3.63, 3.8) is 0 Å². The molecule has 2 aliphatic rings. The third-order valence-corrected chi connectivity index (χ3v) is 4.15. The van der Waals surface area contributed by atoms with Crippen LogP contribution < -0.4 is 16.8 Å². The molecule has 1 aliphatic carbocycles. The fourth-order valence-corrected chi connectivity index (χ4v) is 2.85. The van der Waals surface area contributed by atoms with Gasteiger partial charge in [0, 0.05) is 25.6 Å². The van der Waals surface area contributed by atoms with Crippen LogP contribution in [0.4, 0.5) is 0 Å². The van der Waals surface area contributed by atoms with E-state index < -0.39 is 0 Å². The molecule has 0 spiro atoms. The monoisotopic (exact) mass is 281 g/mol. The molecule has 2 amide bonds. The summed E-state index contributed by atoms with van der Waals surface area (Å²) in [7, 11) is 0. The van der Waals surface area contributed by atoms with Crippen molar-refractivity contribution in [2.45, 2.75) is 31.7 Å². The minimum Gasteiger partial charge on any atom is -0.370 e. The van der Waals surface area contributed by atoms with Gasteiger partial charge in [-0.15, -0.1) is 0 Å². The molecule has 1 saturated heterocycles. The van der Waals surface area contributed by atoms with Gasteiger partial charge in [0.05, 0.1) is 6.04 Å². The Balaban J connectivity index is 1.67. The van der Waals surface area contributed by atoms with Crippen LogP contribution in [0.2, 0.25) is 0 Å². The van der Waals surface area contributed by atoms with Crippen LogP contribution in [0.1, 0.15) is 25.7 Å². The van der Waals surface area contributed by atoms with Gasteiger partial charge in [-0.25, -0.2) is 0 Å². The van der Waals surface area contributed by atoms with Crippen LogP contribution in [0.5, 0.6) is 0 Å². The average Bonchev–Trinajstić information content (AvgIpc) is 2.40. The first kappa shape index (κ1) is 14.6. The highest BCUT2D eigenvalue weighted by Crippen LogP contribution is 2.29. The summed E-state index contributed by atoms with van der Waals surface area (Å²) >= 11 is 0. The molecule has 0 aromatic carbocycles. The molecule has 7 heteroatoms. The molecule has 0 bridgehead atoms. The highest BCUT2D eigenvalue weighted by molar-refractivity contribution is 5.79. The minimum atomic E-state index is 0.0933. The zero-order valence-electron chi connectivity index (χ0n) is 11.6. The molecular weight excluding hydrogens is 258 g/mol. The van der Waals surface area contributed by atoms with Crippen molar-refractivity contribution in [3.8, 4) is 0 Å². The molecule has 1 heterocycles. The molecule has 20 heavy (non-hydrogen) atoms. The Morgan fingerprint density at radius 2 is 1.90 bits per heavy atom. The van der Waals surface area contributed by atoms with Crippen molar-refractivity contribution in [3.05, 3.63) is 0 Å². The van der Waals surface area contributed by atoms with E-state index in [1.165, 1.54) is 0 Å². The number of hydrogen-bond donors (Lipinski definition) is 3. The van der Waals surface area contributed by atoms with E-state index in [1.807, 2.05) is 0 Å². The Bertz CT molecular complexity index is 380. The van der Waals surface area contributed by atoms with Gasteiger partial charge in [0.25, 0.3) is 0 Å². The van der Waals surface area contributed by atoms with Crippen molar-refractivity contribution in [1.29, 1.82) is 0 Å². The first-order valence-corrected chi connectivity index (χ1v) is 7.13. The normalized spacial score (nSPS) is 26.5. The first-order valence-electron chi connectivity index (χ1n) is 7.13. The predicted octanol–water partition coefficient (Wildman–Crippen LogP) is -0.977. The molecule has 0 atom stereocenters. The van der Waals surface area contributed by atoms with Crippen LogP contribution in [0.15, 0.2) is 4.99 Å². The number of carbonyl (C=O) groups excluding carboxylic acids is 2. The highest BCUT2D eigenvalue weighted by atomic mass is 16.2. The van der Waals surface area contributed by atoms with E-state index >= 15 is 0 Å². The van der Waals surface area contributed by atoms with E-state index in [9.17, 15) is 9.59 Å². The van der Waals surface area contributed by atoms with Crippen LogP contribution in [-0.4, -0.2) is 48.9 Å². The lowest BCUT2D eigenvalue weighted by molar-refractivity contribution is -0.131. The summed E-state index contributed by atoms with van der Waals surface area (Å²) < 4.78 is 0. The molecule has 1 aliphatic heterocycles. The Hall–Kier alpha value is -1.79. The summed E-state index contributed by atoms with van der Waals surface area (Å²) in [4.78, 5) is 28.2. The van der Waals surface area contributed by atoms with Crippen molar-refractivity contribution < 1.29 is 9.59 Å². The number of nitrogens with two attached hydrogens (primary N) is 2. The second-order valence-corrected chi connectivity index (χ2v) is 5.75. The van der Waals surface area contributed by atoms with E-state index in [1.54, 1.807) is 4.90 Å². The fraction of sp³-hybridized carbons (Fsp3) is 0.769. The van der Waals surface area contributed by atoms with Gasteiger partial charge < -0.3 is 21.7 Å². The van der Waals surface area contributed by atoms with Crippen LogP contribution >= 0.6 is 0 Å². The first-order chi connectivity index (χ1) is 9.58. The van der Waals surface area contributed by atoms with E-state index in [4.69, 9.17) is 11.5 Å². The van der Waals surface area contributed by atoms with Crippen molar-refractivity contribution in [2.24, 2.45) is 28.3 Å². The molecule has 0 radical (unpaired) electrons. The fourth-order valence-electron chi connectivity index (χ4n) is 2.85. The number of hydrogen-bond acceptors (Lipinski definition) is 3. The van der Waals surface area contributed by atoms with Crippen LogP contribution in [0.3, 0.4) is 0 Å². The zero-order chi connectivity index (χ0) is 14.5. The predicted molar refractivity (Wildman–Crippen MR) is 75.7 cm³/mol. The summed E-state index contributed by atoms with van der Waals surface area (Å²) in [6.07, 6.45) is 4.57. The molecule has 2 fully saturated rings. The Morgan fingerprint density at radius 3 is 2.45 bits per heavy atom. The van der Waals surface area contributed by atoms with E-state index in [0.717, 1.165) is 32.1 Å². The quantitative estimate of drug-likeness (QED) is 0.341. The van der Waals surface area contributed by atoms with Gasteiger partial charge in [0.1, 0.15) is 0 Å². The molecule has 1 saturated carbocycles. The lowest BCUT2D eigenvalue weighted by Gasteiger charge is -2.38. The van der Waals surface area contributed by atoms with Gasteiger partial charge in [-0.05, 0) is 31.6 Å². The number of guanidine groups is 1. The molecule has 0 aromatic heterocycles. The van der Waals surface area contributed by atoms with Crippen LogP contribution in [0.25, 0.3) is 0 Å². The second kappa shape index (κ2) is 6.58. The van der Waals surface area contributed by atoms with E-state index in [0.29, 0.717) is 25.6 Å². The van der Waals surface area contributed by atoms with Crippen LogP contribution in [0, 0.1) is 11.8 Å². The number of carbonyl (C=O) groups is 2. The van der Waals surface area contributed by atoms with Crippen molar-refractivity contribution >= 4 is 18.3 Å². The number of amides is 2. The smallest absolute Gasteiger partial charge is 0.223 e. The minimum absolute atomic E-state index is 0.0933. The highest BCUT2D eigenvalue weighted by Gasteiger charge is 2.31. The summed E-state index contributed by atoms with van der Waals surface area (Å²) in [6.45, 7) is 1.93. The maximum atomic E-state index is 12.1. The Morgan fingerprint density at radius 1 is 1.25 bits per heavy atom. The van der Waals surface area contributed by atoms with E-state index in [2.05, 4.69) is 10.3 Å². The second-order valence-electron chi connectivity index (χ2n) is 5.75. The molecular formula is C13H23N5O2. The maximum Gasteiger partial charge on any atom is 0.223 e. The number of nitrogens with zero attached hydrogens (tertiary/aromatic N) is 2. The van der Waals surface area contributed by atoms with Gasteiger partial charge in [0.15, 0.2) is 5.96 Å². The zero-order valence-corrected chi connectivity index (χ0v) is 11.6. The largest absolute Gasteiger partial charge is 0.370 e. The van der Waals surface area contributed by atoms with Crippen molar-refractivity contribution in [1.82, 2.24) is 10.2 Å². The van der Waals surface area contributed by atoms with Gasteiger partial charge in [-0.1, -0.05) is 0 Å². The molecule has 0 aromatic rings. The summed E-state index contributed by atoms with van der Waals surface area (Å²) in [5.41, 5.74) is 10.6. The maximum absolute atomic E-state index is 12.1. The lowest BCUT2D eigenvalue weighted by atomic mass is 9.81. The topological polar surface area (TPSA) is 114 Å². The van der Waals surface area contributed by atoms with Crippen LogP contribution in [-0.2, 0) is 9.59 Å². The third-order valence-electron chi connectivity index (χ3n) is 4.15. The number of likely N-dealkylation sites (tertiary alicyclic amines) is 1. The number of aliphatic imine (C=N–C) groups is 1. The van der Waals surface area contributed by atoms with Gasteiger partial charge in [-0.2, -0.15) is 0 Å². The molecule has 7 nitrogen and oxygen atoms in total. The Kier molecular flexibility index (Phi) is 4.81. The molecule has 0 unspecified atom stereocenters. The summed E-state index contributed by atoms with van der Waals surface area (Å²) in [5, 5.41) is 3.01. The summed E-state index contributed by atoms with van der Waals surface area (Å²) in [5.74, 6) is 0.835. The average molecular weight is 281 g/mol. The molecule has 2 rings (SSSR count). The third kappa shape index (κ3) is 3.85. The number of nitrogens with one attached hydrogen (secondary N) is 1. The Labute approximate surface area is 118 Å². The van der Waals surface area contributed by atoms with Crippen molar-refractivity contribution in [2.75, 3.05) is 19.6 Å². The standard InChI is InChI=1S/C13H23N5O2/c14-13(15)16-5-9-1-3-10(4-2-9)12(20)17-11-6-18(7-11)8-19/h8-11H,1-7H2,(H,17,20)(H4,14,15,16). The SMILES string of the molecule is NC(N)=NCC1CCC(C(=O)NC2CN(C=O)C2)CC1. The van der Waals surface area contributed by atoms with Gasteiger partial charge in [-0.3, -0.25) is 14.6 Å². The summed E-state index contributed by atoms with van der Waals surface area (Å²) in [6, 6.07) is 0.132. The number of rotatable bonds is 5. The molecule has 5 N–H and O–H groups in total. The van der Waals surface area contributed by atoms with Gasteiger partial charge >= 0.3 is 0 Å². The molecule has 112 valence electrons.